The van der Waals surface area contributed by atoms with Crippen LogP contribution in [0, 0.1) is 10.1 Å². The molecule has 2 rings (SSSR count). The average Bonchev–Trinajstić information content (AvgIpc) is 3.05. The maximum Gasteiger partial charge on any atom is 0.269 e. The minimum Gasteiger partial charge on any atom is -0.355 e. The fraction of sp³-hybridized carbons (Fsp3) is 0.400. The lowest BCUT2D eigenvalue weighted by Gasteiger charge is -2.12. The number of aromatic nitrogens is 3. The van der Waals surface area contributed by atoms with Gasteiger partial charge in [0.15, 0.2) is 5.96 Å². The number of guanidine groups is 1. The maximum absolute atomic E-state index is 10.6. The Balaban J connectivity index is 1.79. The molecule has 24 heavy (non-hydrogen) atoms. The van der Waals surface area contributed by atoms with Crippen molar-refractivity contribution in [2.24, 2.45) is 4.99 Å². The van der Waals surface area contributed by atoms with Crippen molar-refractivity contribution in [2.75, 3.05) is 13.6 Å². The topological polar surface area (TPSA) is 110 Å². The van der Waals surface area contributed by atoms with Crippen LogP contribution in [0.15, 0.2) is 35.6 Å². The first kappa shape index (κ1) is 17.4. The first-order valence-electron chi connectivity index (χ1n) is 7.68. The van der Waals surface area contributed by atoms with Crippen LogP contribution >= 0.6 is 0 Å². The SMILES string of the molecule is CCc1nncn1CCNC(=NC)NCc1ccc([N+](=O)[O-])cc1. The number of nitrogens with one attached hydrogen (secondary N) is 2. The Kier molecular flexibility index (Phi) is 6.23. The molecule has 0 amide bonds. The molecule has 0 aliphatic carbocycles. The van der Waals surface area contributed by atoms with Crippen molar-refractivity contribution in [3.8, 4) is 0 Å². The van der Waals surface area contributed by atoms with Gasteiger partial charge in [-0.25, -0.2) is 0 Å². The molecular weight excluding hydrogens is 310 g/mol. The number of nitro benzene ring substituents is 1. The number of nitro groups is 1. The fourth-order valence-corrected chi connectivity index (χ4v) is 2.18. The van der Waals surface area contributed by atoms with Crippen molar-refractivity contribution < 1.29 is 4.92 Å². The Morgan fingerprint density at radius 3 is 2.71 bits per heavy atom. The molecule has 2 aromatic rings. The van der Waals surface area contributed by atoms with Crippen molar-refractivity contribution in [2.45, 2.75) is 26.4 Å². The zero-order chi connectivity index (χ0) is 17.4. The predicted octanol–water partition coefficient (Wildman–Crippen LogP) is 1.11. The maximum atomic E-state index is 10.6. The minimum absolute atomic E-state index is 0.0851. The molecule has 0 aliphatic heterocycles. The summed E-state index contributed by atoms with van der Waals surface area (Å²) in [6.07, 6.45) is 2.56. The zero-order valence-electron chi connectivity index (χ0n) is 13.8. The molecule has 1 heterocycles. The van der Waals surface area contributed by atoms with Crippen LogP contribution in [0.1, 0.15) is 18.3 Å². The monoisotopic (exact) mass is 331 g/mol. The number of rotatable bonds is 7. The lowest BCUT2D eigenvalue weighted by molar-refractivity contribution is -0.384. The van der Waals surface area contributed by atoms with Gasteiger partial charge >= 0.3 is 0 Å². The van der Waals surface area contributed by atoms with Gasteiger partial charge in [-0.1, -0.05) is 19.1 Å². The molecule has 0 saturated carbocycles. The molecule has 0 spiro atoms. The van der Waals surface area contributed by atoms with E-state index in [0.717, 1.165) is 24.4 Å². The van der Waals surface area contributed by atoms with E-state index in [-0.39, 0.29) is 5.69 Å². The van der Waals surface area contributed by atoms with E-state index in [1.54, 1.807) is 25.5 Å². The highest BCUT2D eigenvalue weighted by Crippen LogP contribution is 2.11. The van der Waals surface area contributed by atoms with Crippen molar-refractivity contribution in [1.82, 2.24) is 25.4 Å². The molecule has 0 saturated heterocycles. The number of aliphatic imine (C=N–C) groups is 1. The molecule has 1 aromatic heterocycles. The normalized spacial score (nSPS) is 11.3. The van der Waals surface area contributed by atoms with Crippen LogP contribution in [0.2, 0.25) is 0 Å². The second kappa shape index (κ2) is 8.61. The third-order valence-electron chi connectivity index (χ3n) is 3.49. The summed E-state index contributed by atoms with van der Waals surface area (Å²) < 4.78 is 2.00. The molecule has 0 fully saturated rings. The first-order valence-corrected chi connectivity index (χ1v) is 7.68. The van der Waals surface area contributed by atoms with Gasteiger partial charge in [0.25, 0.3) is 5.69 Å². The van der Waals surface area contributed by atoms with E-state index in [1.165, 1.54) is 12.1 Å². The van der Waals surface area contributed by atoms with Gasteiger partial charge in [0.1, 0.15) is 12.2 Å². The minimum atomic E-state index is -0.410. The number of nitrogens with zero attached hydrogens (tertiary/aromatic N) is 5. The quantitative estimate of drug-likeness (QED) is 0.340. The summed E-state index contributed by atoms with van der Waals surface area (Å²) in [5.41, 5.74) is 1.03. The smallest absolute Gasteiger partial charge is 0.269 e. The van der Waals surface area contributed by atoms with Crippen molar-refractivity contribution in [1.29, 1.82) is 0 Å². The summed E-state index contributed by atoms with van der Waals surface area (Å²) in [6.45, 7) is 4.00. The Labute approximate surface area is 140 Å². The van der Waals surface area contributed by atoms with Crippen LogP contribution in [0.5, 0.6) is 0 Å². The van der Waals surface area contributed by atoms with Crippen LogP contribution < -0.4 is 10.6 Å². The summed E-state index contributed by atoms with van der Waals surface area (Å²) >= 11 is 0. The number of hydrogen-bond acceptors (Lipinski definition) is 5. The van der Waals surface area contributed by atoms with Gasteiger partial charge in [-0.05, 0) is 5.56 Å². The molecule has 0 atom stereocenters. The Morgan fingerprint density at radius 1 is 1.33 bits per heavy atom. The molecule has 1 aromatic carbocycles. The van der Waals surface area contributed by atoms with E-state index in [4.69, 9.17) is 0 Å². The van der Waals surface area contributed by atoms with Gasteiger partial charge in [0.05, 0.1) is 4.92 Å². The Hall–Kier alpha value is -2.97. The molecular formula is C15H21N7O2. The molecule has 9 heteroatoms. The van der Waals surface area contributed by atoms with Crippen LogP contribution in [0.4, 0.5) is 5.69 Å². The molecule has 128 valence electrons. The van der Waals surface area contributed by atoms with E-state index in [0.29, 0.717) is 19.0 Å². The largest absolute Gasteiger partial charge is 0.355 e. The standard InChI is InChI=1S/C15H21N7O2/c1-3-14-20-19-11-21(14)9-8-17-15(16-2)18-10-12-4-6-13(7-5-12)22(23)24/h4-7,11H,3,8-10H2,1-2H3,(H2,16,17,18). The molecule has 0 radical (unpaired) electrons. The lowest BCUT2D eigenvalue weighted by Crippen LogP contribution is -2.38. The highest BCUT2D eigenvalue weighted by atomic mass is 16.6. The van der Waals surface area contributed by atoms with Gasteiger partial charge in [-0.3, -0.25) is 15.1 Å². The third-order valence-corrected chi connectivity index (χ3v) is 3.49. The Morgan fingerprint density at radius 2 is 2.08 bits per heavy atom. The van der Waals surface area contributed by atoms with Crippen molar-refractivity contribution in [3.05, 3.63) is 52.1 Å². The van der Waals surface area contributed by atoms with E-state index in [9.17, 15) is 10.1 Å². The second-order valence-electron chi connectivity index (χ2n) is 5.07. The molecule has 9 nitrogen and oxygen atoms in total. The van der Waals surface area contributed by atoms with Crippen LogP contribution in [-0.4, -0.2) is 39.2 Å². The number of non-ortho nitro benzene ring substituents is 1. The van der Waals surface area contributed by atoms with Crippen LogP contribution in [0.3, 0.4) is 0 Å². The lowest BCUT2D eigenvalue weighted by atomic mass is 10.2. The third kappa shape index (κ3) is 4.77. The van der Waals surface area contributed by atoms with Gasteiger partial charge in [0, 0.05) is 45.2 Å². The van der Waals surface area contributed by atoms with Crippen molar-refractivity contribution in [3.63, 3.8) is 0 Å². The molecule has 2 N–H and O–H groups in total. The summed E-state index contributed by atoms with van der Waals surface area (Å²) in [5.74, 6) is 1.62. The summed E-state index contributed by atoms with van der Waals surface area (Å²) in [7, 11) is 1.70. The van der Waals surface area contributed by atoms with Crippen LogP contribution in [0.25, 0.3) is 0 Å². The molecule has 0 aliphatic rings. The number of aryl methyl sites for hydroxylation is 1. The van der Waals surface area contributed by atoms with E-state index < -0.39 is 4.92 Å². The predicted molar refractivity (Wildman–Crippen MR) is 90.7 cm³/mol. The van der Waals surface area contributed by atoms with Gasteiger partial charge < -0.3 is 15.2 Å². The highest BCUT2D eigenvalue weighted by molar-refractivity contribution is 5.79. The molecule has 0 unspecified atom stereocenters. The van der Waals surface area contributed by atoms with Gasteiger partial charge in [-0.2, -0.15) is 0 Å². The number of benzene rings is 1. The summed E-state index contributed by atoms with van der Waals surface area (Å²) in [4.78, 5) is 14.4. The van der Waals surface area contributed by atoms with Crippen LogP contribution in [-0.2, 0) is 19.5 Å². The van der Waals surface area contributed by atoms with Crippen molar-refractivity contribution >= 4 is 11.6 Å². The second-order valence-corrected chi connectivity index (χ2v) is 5.07. The number of hydrogen-bond donors (Lipinski definition) is 2. The fourth-order valence-electron chi connectivity index (χ4n) is 2.18. The summed E-state index contributed by atoms with van der Waals surface area (Å²) in [5, 5.41) is 25.0. The average molecular weight is 331 g/mol. The van der Waals surface area contributed by atoms with E-state index in [1.807, 2.05) is 11.5 Å². The zero-order valence-corrected chi connectivity index (χ0v) is 13.8. The van der Waals surface area contributed by atoms with Gasteiger partial charge in [-0.15, -0.1) is 10.2 Å². The van der Waals surface area contributed by atoms with E-state index >= 15 is 0 Å². The Bertz CT molecular complexity index is 694. The molecule has 0 bridgehead atoms. The first-order chi connectivity index (χ1) is 11.6. The summed E-state index contributed by atoms with van der Waals surface area (Å²) in [6, 6.07) is 6.43. The highest BCUT2D eigenvalue weighted by Gasteiger charge is 2.05. The van der Waals surface area contributed by atoms with Gasteiger partial charge in [0.2, 0.25) is 0 Å². The van der Waals surface area contributed by atoms with E-state index in [2.05, 4.69) is 25.8 Å².